The van der Waals surface area contributed by atoms with E-state index < -0.39 is 16.1 Å². The van der Waals surface area contributed by atoms with Crippen LogP contribution < -0.4 is 9.62 Å². The Morgan fingerprint density at radius 2 is 1.17 bits per heavy atom. The molecule has 0 saturated carbocycles. The number of amides is 2. The van der Waals surface area contributed by atoms with Gasteiger partial charge < -0.3 is 0 Å². The lowest BCUT2D eigenvalue weighted by atomic mass is 10.00. The van der Waals surface area contributed by atoms with E-state index in [9.17, 15) is 18.0 Å². The molecular formula is C23H20N2O4S. The Labute approximate surface area is 175 Å². The molecule has 1 fully saturated rings. The molecule has 0 spiro atoms. The van der Waals surface area contributed by atoms with Gasteiger partial charge in [-0.2, -0.15) is 4.72 Å². The summed E-state index contributed by atoms with van der Waals surface area (Å²) in [5.41, 5.74) is 2.01. The predicted molar refractivity (Wildman–Crippen MR) is 113 cm³/mol. The van der Waals surface area contributed by atoms with Crippen LogP contribution in [-0.2, 0) is 19.6 Å². The van der Waals surface area contributed by atoms with Gasteiger partial charge in [0.25, 0.3) is 0 Å². The highest BCUT2D eigenvalue weighted by molar-refractivity contribution is 7.89. The summed E-state index contributed by atoms with van der Waals surface area (Å²) in [6, 6.07) is 23.9. The summed E-state index contributed by atoms with van der Waals surface area (Å²) in [4.78, 5) is 25.0. The number of carbonyl (C=O) groups is 2. The minimum Gasteiger partial charge on any atom is -0.274 e. The summed E-state index contributed by atoms with van der Waals surface area (Å²) < 4.78 is 29.0. The zero-order chi connectivity index (χ0) is 21.1. The monoisotopic (exact) mass is 420 g/mol. The number of rotatable bonds is 6. The normalized spacial score (nSPS) is 14.5. The first-order valence-electron chi connectivity index (χ1n) is 9.54. The minimum atomic E-state index is -3.86. The molecule has 1 aliphatic heterocycles. The molecule has 3 aromatic carbocycles. The number of hydrogen-bond donors (Lipinski definition) is 1. The summed E-state index contributed by atoms with van der Waals surface area (Å²) in [6.07, 6.45) is 0.354. The minimum absolute atomic E-state index is 0.0576. The van der Waals surface area contributed by atoms with Crippen molar-refractivity contribution in [3.63, 3.8) is 0 Å². The van der Waals surface area contributed by atoms with Crippen LogP contribution in [0.25, 0.3) is 0 Å². The molecule has 0 radical (unpaired) electrons. The van der Waals surface area contributed by atoms with Crippen LogP contribution in [-0.4, -0.2) is 20.2 Å². The largest absolute Gasteiger partial charge is 0.274 e. The first-order valence-corrected chi connectivity index (χ1v) is 11.0. The molecule has 0 aliphatic carbocycles. The fraction of sp³-hybridized carbons (Fsp3) is 0.130. The van der Waals surface area contributed by atoms with Crippen molar-refractivity contribution in [3.05, 3.63) is 96.1 Å². The molecule has 3 aromatic rings. The molecule has 1 aliphatic rings. The topological polar surface area (TPSA) is 83.6 Å². The molecule has 0 bridgehead atoms. The van der Waals surface area contributed by atoms with Gasteiger partial charge >= 0.3 is 0 Å². The van der Waals surface area contributed by atoms with Crippen LogP contribution in [0.1, 0.15) is 30.0 Å². The Balaban J connectivity index is 1.63. The molecule has 7 heteroatoms. The van der Waals surface area contributed by atoms with Crippen molar-refractivity contribution < 1.29 is 18.0 Å². The summed E-state index contributed by atoms with van der Waals surface area (Å²) >= 11 is 0. The lowest BCUT2D eigenvalue weighted by Gasteiger charge is -2.20. The van der Waals surface area contributed by atoms with Gasteiger partial charge in [-0.05, 0) is 35.4 Å². The average Bonchev–Trinajstić information content (AvgIpc) is 3.11. The maximum atomic E-state index is 13.1. The first-order chi connectivity index (χ1) is 14.5. The Hall–Kier alpha value is -3.29. The molecule has 152 valence electrons. The van der Waals surface area contributed by atoms with E-state index in [1.165, 1.54) is 24.3 Å². The van der Waals surface area contributed by atoms with Crippen LogP contribution in [0.2, 0.25) is 0 Å². The second-order valence-corrected chi connectivity index (χ2v) is 8.71. The maximum absolute atomic E-state index is 13.1. The van der Waals surface area contributed by atoms with E-state index in [1.54, 1.807) is 0 Å². The fourth-order valence-electron chi connectivity index (χ4n) is 3.48. The molecule has 4 rings (SSSR count). The summed E-state index contributed by atoms with van der Waals surface area (Å²) in [7, 11) is -3.86. The van der Waals surface area contributed by atoms with Crippen LogP contribution in [0, 0.1) is 0 Å². The van der Waals surface area contributed by atoms with E-state index in [2.05, 4.69) is 4.72 Å². The Morgan fingerprint density at radius 1 is 0.700 bits per heavy atom. The zero-order valence-corrected chi connectivity index (χ0v) is 16.9. The number of imide groups is 1. The van der Waals surface area contributed by atoms with E-state index in [4.69, 9.17) is 0 Å². The molecule has 6 nitrogen and oxygen atoms in total. The highest BCUT2D eigenvalue weighted by Gasteiger charge is 2.30. The van der Waals surface area contributed by atoms with Crippen LogP contribution in [0.4, 0.5) is 5.69 Å². The highest BCUT2D eigenvalue weighted by Crippen LogP contribution is 2.27. The summed E-state index contributed by atoms with van der Waals surface area (Å²) in [5, 5.41) is 0. The molecule has 1 heterocycles. The SMILES string of the molecule is O=C1CCC(=O)N1c1ccc(S(=O)(=O)NC(c2ccccc2)c2ccccc2)cc1. The van der Waals surface area contributed by atoms with Gasteiger partial charge in [0.05, 0.1) is 16.6 Å². The van der Waals surface area contributed by atoms with Crippen molar-refractivity contribution in [2.45, 2.75) is 23.8 Å². The Morgan fingerprint density at radius 3 is 1.63 bits per heavy atom. The van der Waals surface area contributed by atoms with E-state index in [0.29, 0.717) is 5.69 Å². The standard InChI is InChI=1S/C23H20N2O4S/c26-21-15-16-22(27)25(21)19-11-13-20(14-12-19)30(28,29)24-23(17-7-3-1-4-8-17)18-9-5-2-6-10-18/h1-14,23-24H,15-16H2. The smallest absolute Gasteiger partial charge is 0.241 e. The molecule has 2 amide bonds. The third kappa shape index (κ3) is 4.03. The van der Waals surface area contributed by atoms with E-state index in [-0.39, 0.29) is 29.6 Å². The number of hydrogen-bond acceptors (Lipinski definition) is 4. The summed E-state index contributed by atoms with van der Waals surface area (Å²) in [6.45, 7) is 0. The van der Waals surface area contributed by atoms with Gasteiger partial charge in [-0.3, -0.25) is 14.5 Å². The van der Waals surface area contributed by atoms with Crippen molar-refractivity contribution in [1.29, 1.82) is 0 Å². The predicted octanol–water partition coefficient (Wildman–Crippen LogP) is 3.41. The third-order valence-corrected chi connectivity index (χ3v) is 6.43. The van der Waals surface area contributed by atoms with Crippen LogP contribution in [0.3, 0.4) is 0 Å². The van der Waals surface area contributed by atoms with Gasteiger partial charge in [-0.1, -0.05) is 60.7 Å². The molecule has 0 aromatic heterocycles. The number of anilines is 1. The Bertz CT molecular complexity index is 1110. The maximum Gasteiger partial charge on any atom is 0.241 e. The first kappa shape index (κ1) is 20.0. The van der Waals surface area contributed by atoms with Crippen LogP contribution in [0.5, 0.6) is 0 Å². The molecule has 1 saturated heterocycles. The lowest BCUT2D eigenvalue weighted by molar-refractivity contribution is -0.121. The van der Waals surface area contributed by atoms with Crippen LogP contribution in [0.15, 0.2) is 89.8 Å². The van der Waals surface area contributed by atoms with E-state index in [0.717, 1.165) is 16.0 Å². The molecular weight excluding hydrogens is 400 g/mol. The summed E-state index contributed by atoms with van der Waals surface area (Å²) in [5.74, 6) is -0.552. The van der Waals surface area contributed by atoms with Gasteiger partial charge in [0.1, 0.15) is 0 Å². The van der Waals surface area contributed by atoms with Crippen molar-refractivity contribution in [2.75, 3.05) is 4.90 Å². The third-order valence-electron chi connectivity index (χ3n) is 5.00. The van der Waals surface area contributed by atoms with Crippen molar-refractivity contribution >= 4 is 27.5 Å². The van der Waals surface area contributed by atoms with Gasteiger partial charge in [-0.25, -0.2) is 8.42 Å². The van der Waals surface area contributed by atoms with Gasteiger partial charge in [0, 0.05) is 12.8 Å². The van der Waals surface area contributed by atoms with Crippen molar-refractivity contribution in [3.8, 4) is 0 Å². The van der Waals surface area contributed by atoms with Gasteiger partial charge in [0.2, 0.25) is 21.8 Å². The number of nitrogens with zero attached hydrogens (tertiary/aromatic N) is 1. The molecule has 0 atom stereocenters. The number of nitrogens with one attached hydrogen (secondary N) is 1. The van der Waals surface area contributed by atoms with Crippen LogP contribution >= 0.6 is 0 Å². The lowest BCUT2D eigenvalue weighted by Crippen LogP contribution is -2.30. The van der Waals surface area contributed by atoms with Gasteiger partial charge in [-0.15, -0.1) is 0 Å². The highest BCUT2D eigenvalue weighted by atomic mass is 32.2. The zero-order valence-electron chi connectivity index (χ0n) is 16.1. The molecule has 30 heavy (non-hydrogen) atoms. The van der Waals surface area contributed by atoms with E-state index >= 15 is 0 Å². The number of benzene rings is 3. The average molecular weight is 420 g/mol. The second kappa shape index (κ2) is 8.22. The second-order valence-electron chi connectivity index (χ2n) is 6.99. The van der Waals surface area contributed by atoms with Crippen molar-refractivity contribution in [1.82, 2.24) is 4.72 Å². The number of carbonyl (C=O) groups excluding carboxylic acids is 2. The molecule has 0 unspecified atom stereocenters. The molecule has 1 N–H and O–H groups in total. The van der Waals surface area contributed by atoms with E-state index in [1.807, 2.05) is 60.7 Å². The van der Waals surface area contributed by atoms with Crippen molar-refractivity contribution in [2.24, 2.45) is 0 Å². The fourth-order valence-corrected chi connectivity index (χ4v) is 4.69. The Kier molecular flexibility index (Phi) is 5.48. The number of sulfonamides is 1. The van der Waals surface area contributed by atoms with Gasteiger partial charge in [0.15, 0.2) is 0 Å². The quantitative estimate of drug-likeness (QED) is 0.620.